The van der Waals surface area contributed by atoms with Crippen LogP contribution in [0, 0.1) is 5.41 Å². The molecule has 18 heavy (non-hydrogen) atoms. The number of carbonyl (C=O) groups excluding carboxylic acids is 1. The molecule has 0 spiro atoms. The van der Waals surface area contributed by atoms with Gasteiger partial charge in [0.15, 0.2) is 0 Å². The summed E-state index contributed by atoms with van der Waals surface area (Å²) in [4.78, 5) is 12.0. The van der Waals surface area contributed by atoms with Crippen molar-refractivity contribution >= 4 is 5.91 Å². The molecule has 0 saturated heterocycles. The molecule has 0 atom stereocenters. The van der Waals surface area contributed by atoms with E-state index in [1.165, 1.54) is 31.0 Å². The molecule has 0 radical (unpaired) electrons. The van der Waals surface area contributed by atoms with Crippen molar-refractivity contribution in [3.8, 4) is 11.5 Å². The lowest BCUT2D eigenvalue weighted by Gasteiger charge is -2.23. The summed E-state index contributed by atoms with van der Waals surface area (Å²) in [5, 5.41) is 22.0. The van der Waals surface area contributed by atoms with Gasteiger partial charge in [-0.1, -0.05) is 25.8 Å². The van der Waals surface area contributed by atoms with E-state index in [1.807, 2.05) is 0 Å². The second-order valence-corrected chi connectivity index (χ2v) is 5.37. The Morgan fingerprint density at radius 1 is 1.28 bits per heavy atom. The van der Waals surface area contributed by atoms with Crippen molar-refractivity contribution < 1.29 is 15.0 Å². The lowest BCUT2D eigenvalue weighted by atomic mass is 9.89. The Bertz CT molecular complexity index is 430. The molecule has 1 aliphatic carbocycles. The van der Waals surface area contributed by atoms with Crippen LogP contribution in [-0.4, -0.2) is 22.7 Å². The smallest absolute Gasteiger partial charge is 0.258 e. The lowest BCUT2D eigenvalue weighted by molar-refractivity contribution is 0.0928. The Labute approximate surface area is 107 Å². The molecule has 1 aliphatic rings. The molecule has 1 aromatic carbocycles. The second-order valence-electron chi connectivity index (χ2n) is 5.37. The summed E-state index contributed by atoms with van der Waals surface area (Å²) >= 11 is 0. The van der Waals surface area contributed by atoms with Gasteiger partial charge in [-0.2, -0.15) is 0 Å². The van der Waals surface area contributed by atoms with E-state index in [-0.39, 0.29) is 22.5 Å². The highest BCUT2D eigenvalue weighted by atomic mass is 16.3. The van der Waals surface area contributed by atoms with Gasteiger partial charge in [0.2, 0.25) is 0 Å². The van der Waals surface area contributed by atoms with Crippen molar-refractivity contribution in [3.05, 3.63) is 23.8 Å². The van der Waals surface area contributed by atoms with Gasteiger partial charge in [-0.3, -0.25) is 4.79 Å². The summed E-state index contributed by atoms with van der Waals surface area (Å²) in [6, 6.07) is 4.29. The highest BCUT2D eigenvalue weighted by Crippen LogP contribution is 2.37. The van der Waals surface area contributed by atoms with Crippen LogP contribution in [0.5, 0.6) is 11.5 Å². The van der Waals surface area contributed by atoms with E-state index in [4.69, 9.17) is 0 Å². The van der Waals surface area contributed by atoms with Crippen molar-refractivity contribution in [1.82, 2.24) is 5.32 Å². The molecule has 4 nitrogen and oxygen atoms in total. The highest BCUT2D eigenvalue weighted by Gasteiger charge is 2.29. The molecule has 1 aromatic rings. The summed E-state index contributed by atoms with van der Waals surface area (Å²) in [5.74, 6) is -0.799. The first-order valence-corrected chi connectivity index (χ1v) is 6.31. The SMILES string of the molecule is CC1(CNC(=O)c2c(O)cccc2O)CCCC1. The van der Waals surface area contributed by atoms with E-state index in [0.29, 0.717) is 6.54 Å². The maximum Gasteiger partial charge on any atom is 0.258 e. The van der Waals surface area contributed by atoms with Gasteiger partial charge in [-0.05, 0) is 30.4 Å². The largest absolute Gasteiger partial charge is 0.507 e. The van der Waals surface area contributed by atoms with Crippen molar-refractivity contribution in [2.45, 2.75) is 32.6 Å². The molecule has 0 aromatic heterocycles. The number of nitrogens with one attached hydrogen (secondary N) is 1. The highest BCUT2D eigenvalue weighted by molar-refractivity contribution is 5.99. The molecule has 1 amide bonds. The first kappa shape index (κ1) is 12.7. The van der Waals surface area contributed by atoms with Crippen LogP contribution in [0.4, 0.5) is 0 Å². The van der Waals surface area contributed by atoms with Crippen molar-refractivity contribution in [2.24, 2.45) is 5.41 Å². The molecule has 0 bridgehead atoms. The molecule has 3 N–H and O–H groups in total. The van der Waals surface area contributed by atoms with Crippen LogP contribution in [0.2, 0.25) is 0 Å². The molecule has 1 saturated carbocycles. The lowest BCUT2D eigenvalue weighted by Crippen LogP contribution is -2.34. The first-order valence-electron chi connectivity index (χ1n) is 6.31. The van der Waals surface area contributed by atoms with Gasteiger partial charge < -0.3 is 15.5 Å². The topological polar surface area (TPSA) is 69.6 Å². The molecule has 2 rings (SSSR count). The summed E-state index contributed by atoms with van der Waals surface area (Å²) in [6.07, 6.45) is 4.63. The number of benzene rings is 1. The quantitative estimate of drug-likeness (QED) is 0.770. The third kappa shape index (κ3) is 2.58. The Morgan fingerprint density at radius 3 is 2.39 bits per heavy atom. The van der Waals surface area contributed by atoms with E-state index in [0.717, 1.165) is 12.8 Å². The predicted octanol–water partition coefficient (Wildman–Crippen LogP) is 2.41. The maximum atomic E-state index is 12.0. The molecule has 1 fully saturated rings. The van der Waals surface area contributed by atoms with Crippen LogP contribution in [-0.2, 0) is 0 Å². The maximum absolute atomic E-state index is 12.0. The summed E-state index contributed by atoms with van der Waals surface area (Å²) < 4.78 is 0. The zero-order valence-corrected chi connectivity index (χ0v) is 10.6. The number of aromatic hydroxyl groups is 2. The molecule has 0 heterocycles. The number of phenols is 2. The van der Waals surface area contributed by atoms with E-state index >= 15 is 0 Å². The standard InChI is InChI=1S/C14H19NO3/c1-14(7-2-3-8-14)9-15-13(18)12-10(16)5-4-6-11(12)17/h4-6,16-17H,2-3,7-9H2,1H3,(H,15,18). The number of hydrogen-bond acceptors (Lipinski definition) is 3. The van der Waals surface area contributed by atoms with Crippen molar-refractivity contribution in [2.75, 3.05) is 6.54 Å². The van der Waals surface area contributed by atoms with Crippen LogP contribution >= 0.6 is 0 Å². The fraction of sp³-hybridized carbons (Fsp3) is 0.500. The van der Waals surface area contributed by atoms with Gasteiger partial charge in [0.05, 0.1) is 0 Å². The van der Waals surface area contributed by atoms with Crippen LogP contribution < -0.4 is 5.32 Å². The Kier molecular flexibility index (Phi) is 3.45. The Balaban J connectivity index is 2.04. The summed E-state index contributed by atoms with van der Waals surface area (Å²) in [6.45, 7) is 2.74. The molecule has 98 valence electrons. The van der Waals surface area contributed by atoms with E-state index in [9.17, 15) is 15.0 Å². The van der Waals surface area contributed by atoms with Crippen LogP contribution in [0.25, 0.3) is 0 Å². The molecule has 0 aliphatic heterocycles. The van der Waals surface area contributed by atoms with Gasteiger partial charge in [-0.15, -0.1) is 0 Å². The van der Waals surface area contributed by atoms with Gasteiger partial charge in [0.25, 0.3) is 5.91 Å². The normalized spacial score (nSPS) is 17.6. The molecule has 4 heteroatoms. The third-order valence-corrected chi connectivity index (χ3v) is 3.73. The van der Waals surface area contributed by atoms with Gasteiger partial charge in [0, 0.05) is 6.54 Å². The summed E-state index contributed by atoms with van der Waals surface area (Å²) in [7, 11) is 0. The van der Waals surface area contributed by atoms with Crippen molar-refractivity contribution in [3.63, 3.8) is 0 Å². The van der Waals surface area contributed by atoms with Crippen LogP contribution in [0.1, 0.15) is 43.0 Å². The summed E-state index contributed by atoms with van der Waals surface area (Å²) in [5.41, 5.74) is 0.106. The third-order valence-electron chi connectivity index (χ3n) is 3.73. The number of rotatable bonds is 3. The number of amides is 1. The second kappa shape index (κ2) is 4.88. The van der Waals surface area contributed by atoms with Crippen LogP contribution in [0.15, 0.2) is 18.2 Å². The molecular weight excluding hydrogens is 230 g/mol. The molecule has 0 unspecified atom stereocenters. The Morgan fingerprint density at radius 2 is 1.83 bits per heavy atom. The minimum absolute atomic E-state index is 0.0425. The van der Waals surface area contributed by atoms with E-state index in [2.05, 4.69) is 12.2 Å². The zero-order valence-electron chi connectivity index (χ0n) is 10.6. The van der Waals surface area contributed by atoms with Gasteiger partial charge in [-0.25, -0.2) is 0 Å². The fourth-order valence-electron chi connectivity index (χ4n) is 2.55. The van der Waals surface area contributed by atoms with Gasteiger partial charge >= 0.3 is 0 Å². The van der Waals surface area contributed by atoms with Gasteiger partial charge in [0.1, 0.15) is 17.1 Å². The average molecular weight is 249 g/mol. The van der Waals surface area contributed by atoms with E-state index in [1.54, 1.807) is 0 Å². The minimum atomic E-state index is -0.418. The fourth-order valence-corrected chi connectivity index (χ4v) is 2.55. The average Bonchev–Trinajstić information content (AvgIpc) is 2.74. The Hall–Kier alpha value is -1.71. The first-order chi connectivity index (χ1) is 8.52. The van der Waals surface area contributed by atoms with E-state index < -0.39 is 5.91 Å². The number of phenolic OH excluding ortho intramolecular Hbond substituents is 2. The zero-order chi connectivity index (χ0) is 13.2. The number of carbonyl (C=O) groups is 1. The molecular formula is C14H19NO3. The monoisotopic (exact) mass is 249 g/mol. The van der Waals surface area contributed by atoms with Crippen LogP contribution in [0.3, 0.4) is 0 Å². The minimum Gasteiger partial charge on any atom is -0.507 e. The predicted molar refractivity (Wildman–Crippen MR) is 68.7 cm³/mol. The van der Waals surface area contributed by atoms with Crippen molar-refractivity contribution in [1.29, 1.82) is 0 Å². The number of hydrogen-bond donors (Lipinski definition) is 3.